The van der Waals surface area contributed by atoms with Crippen LogP contribution in [0.5, 0.6) is 0 Å². The highest BCUT2D eigenvalue weighted by molar-refractivity contribution is 9.10. The molecular weight excluding hydrogens is 366 g/mol. The van der Waals surface area contributed by atoms with Gasteiger partial charge in [-0.25, -0.2) is 4.79 Å². The number of amides is 1. The number of benzene rings is 1. The Bertz CT molecular complexity index is 630. The molecule has 0 bridgehead atoms. The number of carbonyl (C=O) groups excluding carboxylic acids is 1. The molecule has 0 aromatic heterocycles. The molecule has 124 valence electrons. The molecule has 0 saturated heterocycles. The van der Waals surface area contributed by atoms with E-state index in [4.69, 9.17) is 10.00 Å². The summed E-state index contributed by atoms with van der Waals surface area (Å²) in [6.07, 6.45) is -0.764. The van der Waals surface area contributed by atoms with E-state index in [0.717, 1.165) is 0 Å². The van der Waals surface area contributed by atoms with E-state index in [1.165, 1.54) is 19.1 Å². The molecule has 2 atom stereocenters. The van der Waals surface area contributed by atoms with Gasteiger partial charge in [-0.15, -0.1) is 0 Å². The second-order valence-electron chi connectivity index (χ2n) is 6.09. The fraction of sp³-hybridized carbons (Fsp3) is 0.467. The molecule has 7 nitrogen and oxygen atoms in total. The van der Waals surface area contributed by atoms with Gasteiger partial charge in [0.1, 0.15) is 11.6 Å². The zero-order chi connectivity index (χ0) is 17.8. The van der Waals surface area contributed by atoms with Crippen LogP contribution in [-0.4, -0.2) is 21.1 Å². The zero-order valence-corrected chi connectivity index (χ0v) is 14.9. The number of nitriles is 1. The van der Waals surface area contributed by atoms with E-state index in [0.29, 0.717) is 11.1 Å². The number of alkyl halides is 1. The fourth-order valence-electron chi connectivity index (χ4n) is 1.80. The number of nitrogens with one attached hydrogen (secondary N) is 1. The monoisotopic (exact) mass is 383 g/mol. The van der Waals surface area contributed by atoms with E-state index in [-0.39, 0.29) is 0 Å². The summed E-state index contributed by atoms with van der Waals surface area (Å²) in [5.74, 6) is 0. The van der Waals surface area contributed by atoms with Gasteiger partial charge in [-0.1, -0.05) is 12.1 Å². The largest absolute Gasteiger partial charge is 0.444 e. The molecule has 1 aromatic rings. The number of alkyl carbamates (subject to hydrolysis) is 1. The number of carbonyl (C=O) groups is 1. The Hall–Kier alpha value is -2.14. The van der Waals surface area contributed by atoms with E-state index < -0.39 is 27.1 Å². The molecule has 1 rings (SSSR count). The van der Waals surface area contributed by atoms with Crippen molar-refractivity contribution in [3.63, 3.8) is 0 Å². The number of nitro groups is 1. The van der Waals surface area contributed by atoms with Crippen LogP contribution in [0.3, 0.4) is 0 Å². The molecule has 1 aromatic carbocycles. The van der Waals surface area contributed by atoms with E-state index in [2.05, 4.69) is 21.2 Å². The van der Waals surface area contributed by atoms with Gasteiger partial charge in [0.2, 0.25) is 0 Å². The first-order valence-corrected chi connectivity index (χ1v) is 7.59. The topological polar surface area (TPSA) is 105 Å². The van der Waals surface area contributed by atoms with Crippen LogP contribution in [0.15, 0.2) is 24.3 Å². The SMILES string of the molecule is CC(C)(C)OC(=O)N[C@H](c1ccc(C#N)cc1)[C@@](C)(Br)[N+](=O)[O-]. The van der Waals surface area contributed by atoms with Gasteiger partial charge < -0.3 is 10.1 Å². The van der Waals surface area contributed by atoms with Gasteiger partial charge in [0.25, 0.3) is 4.45 Å². The fourth-order valence-corrected chi connectivity index (χ4v) is 2.18. The lowest BCUT2D eigenvalue weighted by atomic mass is 9.99. The van der Waals surface area contributed by atoms with Crippen molar-refractivity contribution in [3.8, 4) is 6.07 Å². The Kier molecular flexibility index (Phi) is 5.72. The minimum absolute atomic E-state index is 0.419. The average Bonchev–Trinajstić information content (AvgIpc) is 2.42. The Morgan fingerprint density at radius 2 is 1.87 bits per heavy atom. The Morgan fingerprint density at radius 3 is 2.26 bits per heavy atom. The van der Waals surface area contributed by atoms with Crippen LogP contribution >= 0.6 is 15.9 Å². The second kappa shape index (κ2) is 6.96. The molecule has 0 fully saturated rings. The molecular formula is C15H18BrN3O4. The summed E-state index contributed by atoms with van der Waals surface area (Å²) in [7, 11) is 0. The van der Waals surface area contributed by atoms with Gasteiger partial charge in [-0.3, -0.25) is 10.1 Å². The molecule has 0 aliphatic carbocycles. The first kappa shape index (κ1) is 18.9. The minimum Gasteiger partial charge on any atom is -0.444 e. The summed E-state index contributed by atoms with van der Waals surface area (Å²) in [6.45, 7) is 6.44. The van der Waals surface area contributed by atoms with E-state index in [9.17, 15) is 14.9 Å². The predicted octanol–water partition coefficient (Wildman–Crippen LogP) is 3.51. The third kappa shape index (κ3) is 5.21. The van der Waals surface area contributed by atoms with Crippen LogP contribution in [0, 0.1) is 21.4 Å². The standard InChI is InChI=1S/C15H18BrN3O4/c1-14(2,3)23-13(20)18-12(15(4,16)19(21)22)11-7-5-10(9-17)6-8-11/h5-8,12H,1-4H3,(H,18,20)/t12-,15+/m1/s1. The van der Waals surface area contributed by atoms with Crippen LogP contribution in [0.1, 0.15) is 44.9 Å². The van der Waals surface area contributed by atoms with Crippen LogP contribution < -0.4 is 5.32 Å². The molecule has 1 N–H and O–H groups in total. The maximum absolute atomic E-state index is 12.0. The molecule has 0 aliphatic rings. The minimum atomic E-state index is -1.64. The molecule has 0 spiro atoms. The van der Waals surface area contributed by atoms with Gasteiger partial charge in [-0.2, -0.15) is 5.26 Å². The molecule has 0 radical (unpaired) electrons. The number of halogens is 1. The number of rotatable bonds is 4. The number of hydrogen-bond acceptors (Lipinski definition) is 5. The van der Waals surface area contributed by atoms with Crippen LogP contribution in [0.2, 0.25) is 0 Å². The van der Waals surface area contributed by atoms with Crippen molar-refractivity contribution in [1.82, 2.24) is 5.32 Å². The molecule has 0 unspecified atom stereocenters. The lowest BCUT2D eigenvalue weighted by molar-refractivity contribution is -0.536. The number of ether oxygens (including phenoxy) is 1. The Balaban J connectivity index is 3.14. The van der Waals surface area contributed by atoms with Crippen molar-refractivity contribution in [1.29, 1.82) is 5.26 Å². The van der Waals surface area contributed by atoms with Crippen LogP contribution in [0.25, 0.3) is 0 Å². The molecule has 0 heterocycles. The van der Waals surface area contributed by atoms with Crippen molar-refractivity contribution in [2.75, 3.05) is 0 Å². The maximum Gasteiger partial charge on any atom is 0.408 e. The number of hydrogen-bond donors (Lipinski definition) is 1. The Morgan fingerprint density at radius 1 is 1.35 bits per heavy atom. The van der Waals surface area contributed by atoms with E-state index in [1.54, 1.807) is 32.9 Å². The van der Waals surface area contributed by atoms with Gasteiger partial charge in [0.15, 0.2) is 0 Å². The van der Waals surface area contributed by atoms with Crippen molar-refractivity contribution < 1.29 is 14.5 Å². The summed E-state index contributed by atoms with van der Waals surface area (Å²) in [5.41, 5.74) is 0.171. The lowest BCUT2D eigenvalue weighted by Crippen LogP contribution is -2.46. The lowest BCUT2D eigenvalue weighted by Gasteiger charge is -2.28. The summed E-state index contributed by atoms with van der Waals surface area (Å²) in [5, 5.41) is 22.7. The van der Waals surface area contributed by atoms with Crippen LogP contribution in [-0.2, 0) is 4.74 Å². The average molecular weight is 384 g/mol. The third-order valence-electron chi connectivity index (χ3n) is 2.92. The van der Waals surface area contributed by atoms with Gasteiger partial charge >= 0.3 is 6.09 Å². The van der Waals surface area contributed by atoms with Crippen molar-refractivity contribution >= 4 is 22.0 Å². The quantitative estimate of drug-likeness (QED) is 0.370. The van der Waals surface area contributed by atoms with Crippen molar-refractivity contribution in [2.24, 2.45) is 0 Å². The molecule has 0 aliphatic heterocycles. The van der Waals surface area contributed by atoms with E-state index in [1.807, 2.05) is 6.07 Å². The van der Waals surface area contributed by atoms with Crippen molar-refractivity contribution in [2.45, 2.75) is 43.8 Å². The third-order valence-corrected chi connectivity index (χ3v) is 3.67. The normalized spacial score (nSPS) is 15.0. The summed E-state index contributed by atoms with van der Waals surface area (Å²) in [6, 6.07) is 7.16. The first-order chi connectivity index (χ1) is 10.5. The zero-order valence-electron chi connectivity index (χ0n) is 13.3. The maximum atomic E-state index is 12.0. The summed E-state index contributed by atoms with van der Waals surface area (Å²) >= 11 is 3.06. The molecule has 0 saturated carbocycles. The van der Waals surface area contributed by atoms with Gasteiger partial charge in [0, 0.05) is 27.8 Å². The smallest absolute Gasteiger partial charge is 0.408 e. The second-order valence-corrected chi connectivity index (χ2v) is 7.70. The molecule has 1 amide bonds. The van der Waals surface area contributed by atoms with E-state index >= 15 is 0 Å². The van der Waals surface area contributed by atoms with Gasteiger partial charge in [0.05, 0.1) is 11.6 Å². The molecule has 23 heavy (non-hydrogen) atoms. The summed E-state index contributed by atoms with van der Waals surface area (Å²) in [4.78, 5) is 22.8. The number of nitrogens with zero attached hydrogens (tertiary/aromatic N) is 2. The Labute approximate surface area is 142 Å². The van der Waals surface area contributed by atoms with Gasteiger partial charge in [-0.05, 0) is 38.5 Å². The predicted molar refractivity (Wildman–Crippen MR) is 87.6 cm³/mol. The van der Waals surface area contributed by atoms with Crippen LogP contribution in [0.4, 0.5) is 4.79 Å². The summed E-state index contributed by atoms with van der Waals surface area (Å²) < 4.78 is 3.52. The first-order valence-electron chi connectivity index (χ1n) is 6.80. The highest BCUT2D eigenvalue weighted by atomic mass is 79.9. The molecule has 8 heteroatoms. The van der Waals surface area contributed by atoms with Crippen molar-refractivity contribution in [3.05, 3.63) is 45.5 Å². The highest BCUT2D eigenvalue weighted by Crippen LogP contribution is 2.34. The highest BCUT2D eigenvalue weighted by Gasteiger charge is 2.45.